The number of rotatable bonds is 5. The molecule has 2 aliphatic rings. The molecule has 1 aliphatic heterocycles. The molecule has 4 aromatic rings. The number of aryl methyl sites for hydroxylation is 2. The van der Waals surface area contributed by atoms with Gasteiger partial charge in [-0.3, -0.25) is 4.79 Å². The monoisotopic (exact) mass is 473 g/mol. The van der Waals surface area contributed by atoms with Crippen LogP contribution >= 0.6 is 0 Å². The summed E-state index contributed by atoms with van der Waals surface area (Å²) in [4.78, 5) is 12.9. The van der Waals surface area contributed by atoms with Crippen LogP contribution in [0.5, 0.6) is 11.5 Å². The van der Waals surface area contributed by atoms with E-state index in [0.29, 0.717) is 35.3 Å². The molecule has 1 N–H and O–H groups in total. The average molecular weight is 474 g/mol. The fraction of sp³-hybridized carbons (Fsp3) is 0.400. The maximum Gasteiger partial charge on any atom is 0.226 e. The summed E-state index contributed by atoms with van der Waals surface area (Å²) >= 11 is 0. The molecular formula is C25H27N7O3. The van der Waals surface area contributed by atoms with Gasteiger partial charge in [0.25, 0.3) is 0 Å². The Morgan fingerprint density at radius 3 is 2.66 bits per heavy atom. The van der Waals surface area contributed by atoms with Crippen LogP contribution in [-0.4, -0.2) is 48.7 Å². The smallest absolute Gasteiger partial charge is 0.226 e. The van der Waals surface area contributed by atoms with Crippen LogP contribution in [0.15, 0.2) is 30.3 Å². The summed E-state index contributed by atoms with van der Waals surface area (Å²) < 4.78 is 15.2. The third-order valence-corrected chi connectivity index (χ3v) is 6.91. The Bertz CT molecular complexity index is 1430. The summed E-state index contributed by atoms with van der Waals surface area (Å²) in [7, 11) is 1.65. The number of carbonyl (C=O) groups is 1. The fourth-order valence-corrected chi connectivity index (χ4v) is 5.18. The van der Waals surface area contributed by atoms with Gasteiger partial charge in [-0.15, -0.1) is 15.3 Å². The van der Waals surface area contributed by atoms with E-state index in [1.54, 1.807) is 16.3 Å². The van der Waals surface area contributed by atoms with Crippen molar-refractivity contribution in [2.75, 3.05) is 12.4 Å². The van der Waals surface area contributed by atoms with Crippen LogP contribution in [0.2, 0.25) is 0 Å². The molecule has 4 heterocycles. The maximum atomic E-state index is 12.9. The molecule has 0 spiro atoms. The number of hydrogen-bond acceptors (Lipinski definition) is 7. The van der Waals surface area contributed by atoms with Crippen LogP contribution in [0.4, 0.5) is 5.82 Å². The molecule has 0 unspecified atom stereocenters. The highest BCUT2D eigenvalue weighted by molar-refractivity contribution is 5.95. The van der Waals surface area contributed by atoms with Crippen molar-refractivity contribution >= 4 is 17.4 Å². The largest absolute Gasteiger partial charge is 0.493 e. The first-order chi connectivity index (χ1) is 17.0. The summed E-state index contributed by atoms with van der Waals surface area (Å²) in [6, 6.07) is 9.62. The van der Waals surface area contributed by atoms with E-state index < -0.39 is 0 Å². The second kappa shape index (κ2) is 8.37. The molecule has 1 aromatic carbocycles. The third kappa shape index (κ3) is 3.69. The fourth-order valence-electron chi connectivity index (χ4n) is 5.18. The van der Waals surface area contributed by atoms with Crippen molar-refractivity contribution in [1.82, 2.24) is 29.6 Å². The second-order valence-corrected chi connectivity index (χ2v) is 9.21. The first-order valence-corrected chi connectivity index (χ1v) is 11.9. The molecule has 6 rings (SSSR count). The van der Waals surface area contributed by atoms with E-state index in [1.807, 2.05) is 44.2 Å². The van der Waals surface area contributed by atoms with Crippen molar-refractivity contribution in [2.24, 2.45) is 0 Å². The number of hydrogen-bond donors (Lipinski definition) is 1. The van der Waals surface area contributed by atoms with Gasteiger partial charge in [-0.25, -0.2) is 0 Å². The van der Waals surface area contributed by atoms with E-state index in [1.165, 1.54) is 12.8 Å². The van der Waals surface area contributed by atoms with Crippen molar-refractivity contribution < 1.29 is 14.3 Å². The normalized spacial score (nSPS) is 18.0. The number of benzene rings is 1. The highest BCUT2D eigenvalue weighted by Crippen LogP contribution is 2.43. The van der Waals surface area contributed by atoms with Crippen LogP contribution in [0.25, 0.3) is 11.5 Å². The maximum absolute atomic E-state index is 12.9. The summed E-state index contributed by atoms with van der Waals surface area (Å²) in [6.45, 7) is 3.80. The molecule has 0 radical (unpaired) electrons. The Balaban J connectivity index is 1.42. The van der Waals surface area contributed by atoms with Crippen molar-refractivity contribution in [3.8, 4) is 17.3 Å². The number of methoxy groups -OCH3 is 1. The van der Waals surface area contributed by atoms with E-state index in [0.717, 1.165) is 35.4 Å². The highest BCUT2D eigenvalue weighted by Gasteiger charge is 2.34. The number of anilines is 1. The molecule has 1 amide bonds. The Morgan fingerprint density at radius 1 is 1.03 bits per heavy atom. The number of amides is 1. The molecule has 1 saturated carbocycles. The van der Waals surface area contributed by atoms with Gasteiger partial charge in [0.15, 0.2) is 28.8 Å². The van der Waals surface area contributed by atoms with Crippen LogP contribution in [0.3, 0.4) is 0 Å². The van der Waals surface area contributed by atoms with Crippen LogP contribution in [0.1, 0.15) is 60.7 Å². The molecule has 1 fully saturated rings. The predicted molar refractivity (Wildman–Crippen MR) is 128 cm³/mol. The van der Waals surface area contributed by atoms with Gasteiger partial charge in [0.2, 0.25) is 5.91 Å². The Kier molecular flexibility index (Phi) is 5.16. The zero-order valence-electron chi connectivity index (χ0n) is 20.0. The molecule has 35 heavy (non-hydrogen) atoms. The van der Waals surface area contributed by atoms with Gasteiger partial charge in [0.1, 0.15) is 5.82 Å². The van der Waals surface area contributed by atoms with E-state index in [4.69, 9.17) is 14.6 Å². The summed E-state index contributed by atoms with van der Waals surface area (Å²) in [5.41, 5.74) is 3.46. The van der Waals surface area contributed by atoms with E-state index in [-0.39, 0.29) is 17.9 Å². The molecule has 180 valence electrons. The minimum atomic E-state index is -0.162. The molecule has 0 bridgehead atoms. The zero-order valence-corrected chi connectivity index (χ0v) is 20.0. The lowest BCUT2D eigenvalue weighted by Gasteiger charge is -2.25. The summed E-state index contributed by atoms with van der Waals surface area (Å²) in [6.07, 6.45) is 5.01. The SMILES string of the molecule is COc1ccc([C@H]2CC(=O)Nc3c2c(C)nn3-c2ccc3nnc(C)n3n2)cc1OC1CCCC1. The second-order valence-electron chi connectivity index (χ2n) is 9.21. The lowest BCUT2D eigenvalue weighted by Crippen LogP contribution is -2.25. The lowest BCUT2D eigenvalue weighted by molar-refractivity contribution is -0.116. The van der Waals surface area contributed by atoms with Crippen LogP contribution in [-0.2, 0) is 4.79 Å². The third-order valence-electron chi connectivity index (χ3n) is 6.91. The molecule has 1 atom stereocenters. The van der Waals surface area contributed by atoms with Crippen molar-refractivity contribution in [1.29, 1.82) is 0 Å². The number of carbonyl (C=O) groups excluding carboxylic acids is 1. The van der Waals surface area contributed by atoms with Crippen molar-refractivity contribution in [2.45, 2.75) is 58.0 Å². The lowest BCUT2D eigenvalue weighted by atomic mass is 9.85. The number of nitrogens with one attached hydrogen (secondary N) is 1. The van der Waals surface area contributed by atoms with Crippen molar-refractivity contribution in [3.63, 3.8) is 0 Å². The Morgan fingerprint density at radius 2 is 1.86 bits per heavy atom. The first kappa shape index (κ1) is 21.6. The minimum Gasteiger partial charge on any atom is -0.493 e. The Hall–Kier alpha value is -3.95. The van der Waals surface area contributed by atoms with E-state index in [2.05, 4.69) is 20.6 Å². The molecular weight excluding hydrogens is 446 g/mol. The summed E-state index contributed by atoms with van der Waals surface area (Å²) in [5.74, 6) is 3.08. The first-order valence-electron chi connectivity index (χ1n) is 11.9. The van der Waals surface area contributed by atoms with Gasteiger partial charge in [-0.05, 0) is 69.4 Å². The number of fused-ring (bicyclic) bond motifs is 2. The molecule has 0 saturated heterocycles. The van der Waals surface area contributed by atoms with Crippen LogP contribution < -0.4 is 14.8 Å². The van der Waals surface area contributed by atoms with Gasteiger partial charge in [-0.2, -0.15) is 14.3 Å². The molecule has 3 aromatic heterocycles. The van der Waals surface area contributed by atoms with Gasteiger partial charge in [0.05, 0.1) is 18.9 Å². The van der Waals surface area contributed by atoms with Crippen LogP contribution in [0, 0.1) is 13.8 Å². The molecule has 10 nitrogen and oxygen atoms in total. The topological polar surface area (TPSA) is 108 Å². The number of nitrogens with zero attached hydrogens (tertiary/aromatic N) is 6. The standard InChI is InChI=1S/C25H27N7O3/c1-14-24-18(16-8-9-19(34-3)20(12-16)35-17-6-4-5-7-17)13-23(33)26-25(24)32(29-14)22-11-10-21-28-27-15(2)31(21)30-22/h8-12,17-18H,4-7,13H2,1-3H3,(H,26,33)/t18-/m1/s1. The van der Waals surface area contributed by atoms with Gasteiger partial charge >= 0.3 is 0 Å². The quantitative estimate of drug-likeness (QED) is 0.470. The van der Waals surface area contributed by atoms with Gasteiger partial charge in [0, 0.05) is 17.9 Å². The number of aromatic nitrogens is 6. The average Bonchev–Trinajstić information content (AvgIpc) is 3.58. The molecule has 10 heteroatoms. The van der Waals surface area contributed by atoms with Crippen molar-refractivity contribution in [3.05, 3.63) is 53.0 Å². The molecule has 1 aliphatic carbocycles. The number of ether oxygens (including phenoxy) is 2. The Labute approximate surface area is 202 Å². The minimum absolute atomic E-state index is 0.0701. The van der Waals surface area contributed by atoms with E-state index >= 15 is 0 Å². The summed E-state index contributed by atoms with van der Waals surface area (Å²) in [5, 5.41) is 20.6. The highest BCUT2D eigenvalue weighted by atomic mass is 16.5. The van der Waals surface area contributed by atoms with Gasteiger partial charge in [-0.1, -0.05) is 6.07 Å². The van der Waals surface area contributed by atoms with E-state index in [9.17, 15) is 4.79 Å². The zero-order chi connectivity index (χ0) is 24.1. The van der Waals surface area contributed by atoms with Gasteiger partial charge < -0.3 is 14.8 Å². The predicted octanol–water partition coefficient (Wildman–Crippen LogP) is 3.73.